The fourth-order valence-corrected chi connectivity index (χ4v) is 1.91. The lowest BCUT2D eigenvalue weighted by atomic mass is 10.1. The zero-order chi connectivity index (χ0) is 14.1. The molecule has 0 amide bonds. The molecule has 0 N–H and O–H groups in total. The number of carbonyl (C=O) groups excluding carboxylic acids is 2. The molecule has 1 aliphatic rings. The van der Waals surface area contributed by atoms with Crippen molar-refractivity contribution in [1.82, 2.24) is 0 Å². The Balaban J connectivity index is 1.86. The van der Waals surface area contributed by atoms with Gasteiger partial charge in [0.15, 0.2) is 0 Å². The summed E-state index contributed by atoms with van der Waals surface area (Å²) in [7, 11) is 1.58. The van der Waals surface area contributed by atoms with Crippen molar-refractivity contribution in [3.05, 3.63) is 53.6 Å². The molecule has 20 heavy (non-hydrogen) atoms. The summed E-state index contributed by atoms with van der Waals surface area (Å²) >= 11 is 0. The van der Waals surface area contributed by atoms with Crippen LogP contribution < -0.4 is 9.47 Å². The van der Waals surface area contributed by atoms with Crippen LogP contribution in [0.5, 0.6) is 17.2 Å². The average molecular weight is 270 g/mol. The molecule has 1 heterocycles. The van der Waals surface area contributed by atoms with Gasteiger partial charge in [-0.3, -0.25) is 0 Å². The zero-order valence-electron chi connectivity index (χ0n) is 10.6. The van der Waals surface area contributed by atoms with Gasteiger partial charge in [-0.2, -0.15) is 0 Å². The molecule has 0 saturated heterocycles. The van der Waals surface area contributed by atoms with Crippen molar-refractivity contribution < 1.29 is 23.8 Å². The van der Waals surface area contributed by atoms with Crippen molar-refractivity contribution in [1.29, 1.82) is 0 Å². The van der Waals surface area contributed by atoms with E-state index in [1.54, 1.807) is 37.4 Å². The molecule has 0 aromatic heterocycles. The highest BCUT2D eigenvalue weighted by atomic mass is 16.6. The summed E-state index contributed by atoms with van der Waals surface area (Å²) in [5.74, 6) is 0.510. The molecular formula is C15H10O5. The van der Waals surface area contributed by atoms with Crippen LogP contribution in [0, 0.1) is 0 Å². The number of rotatable bonds is 3. The van der Waals surface area contributed by atoms with Crippen LogP contribution in [-0.2, 0) is 4.74 Å². The maximum Gasteiger partial charge on any atom is 0.347 e. The summed E-state index contributed by atoms with van der Waals surface area (Å²) < 4.78 is 15.2. The van der Waals surface area contributed by atoms with Crippen LogP contribution in [0.1, 0.15) is 20.7 Å². The van der Waals surface area contributed by atoms with E-state index in [0.717, 1.165) is 5.75 Å². The topological polar surface area (TPSA) is 61.8 Å². The molecule has 0 fully saturated rings. The number of fused-ring (bicyclic) bond motifs is 1. The van der Waals surface area contributed by atoms with E-state index in [1.807, 2.05) is 0 Å². The third-order valence-electron chi connectivity index (χ3n) is 2.91. The van der Waals surface area contributed by atoms with Crippen molar-refractivity contribution in [2.24, 2.45) is 0 Å². The Morgan fingerprint density at radius 3 is 2.10 bits per heavy atom. The highest BCUT2D eigenvalue weighted by molar-refractivity contribution is 6.14. The van der Waals surface area contributed by atoms with E-state index in [2.05, 4.69) is 4.74 Å². The molecule has 0 saturated carbocycles. The molecule has 0 radical (unpaired) electrons. The third-order valence-corrected chi connectivity index (χ3v) is 2.91. The lowest BCUT2D eigenvalue weighted by Gasteiger charge is -2.07. The van der Waals surface area contributed by atoms with E-state index in [1.165, 1.54) is 12.1 Å². The first-order chi connectivity index (χ1) is 9.67. The Morgan fingerprint density at radius 2 is 1.40 bits per heavy atom. The second-order valence-electron chi connectivity index (χ2n) is 4.16. The van der Waals surface area contributed by atoms with E-state index >= 15 is 0 Å². The predicted molar refractivity (Wildman–Crippen MR) is 69.3 cm³/mol. The smallest absolute Gasteiger partial charge is 0.347 e. The predicted octanol–water partition coefficient (Wildman–Crippen LogP) is 2.80. The standard InChI is InChI=1S/C15H10O5/c1-18-9-2-4-10(5-3-9)19-11-6-7-12-13(8-11)15(17)20-14(12)16/h2-8H,1H3. The highest BCUT2D eigenvalue weighted by Crippen LogP contribution is 2.28. The summed E-state index contributed by atoms with van der Waals surface area (Å²) in [4.78, 5) is 22.8. The van der Waals surface area contributed by atoms with Crippen LogP contribution in [0.15, 0.2) is 42.5 Å². The summed E-state index contributed by atoms with van der Waals surface area (Å²) in [6.45, 7) is 0. The Bertz CT molecular complexity index is 688. The van der Waals surface area contributed by atoms with Gasteiger partial charge in [-0.1, -0.05) is 0 Å². The highest BCUT2D eigenvalue weighted by Gasteiger charge is 2.29. The number of methoxy groups -OCH3 is 1. The molecule has 5 heteroatoms. The van der Waals surface area contributed by atoms with Crippen LogP contribution in [-0.4, -0.2) is 19.0 Å². The summed E-state index contributed by atoms with van der Waals surface area (Å²) in [6, 6.07) is 11.6. The van der Waals surface area contributed by atoms with Gasteiger partial charge in [0.25, 0.3) is 0 Å². The number of hydrogen-bond acceptors (Lipinski definition) is 5. The summed E-state index contributed by atoms with van der Waals surface area (Å²) in [6.07, 6.45) is 0. The van der Waals surface area contributed by atoms with Gasteiger partial charge in [0.2, 0.25) is 0 Å². The minimum absolute atomic E-state index is 0.223. The van der Waals surface area contributed by atoms with Gasteiger partial charge >= 0.3 is 11.9 Å². The fraction of sp³-hybridized carbons (Fsp3) is 0.0667. The molecule has 100 valence electrons. The van der Waals surface area contributed by atoms with E-state index in [0.29, 0.717) is 11.5 Å². The molecule has 3 rings (SSSR count). The number of ether oxygens (including phenoxy) is 3. The first-order valence-corrected chi connectivity index (χ1v) is 5.90. The van der Waals surface area contributed by atoms with E-state index < -0.39 is 11.9 Å². The van der Waals surface area contributed by atoms with E-state index in [4.69, 9.17) is 9.47 Å². The molecule has 2 aromatic rings. The maximum atomic E-state index is 11.4. The van der Waals surface area contributed by atoms with Gasteiger partial charge in [-0.05, 0) is 42.5 Å². The molecule has 0 bridgehead atoms. The monoisotopic (exact) mass is 270 g/mol. The summed E-state index contributed by atoms with van der Waals surface area (Å²) in [5.41, 5.74) is 0.484. The van der Waals surface area contributed by atoms with Crippen LogP contribution >= 0.6 is 0 Å². The molecule has 1 aliphatic heterocycles. The Kier molecular flexibility index (Phi) is 2.87. The van der Waals surface area contributed by atoms with Crippen molar-refractivity contribution in [3.8, 4) is 17.2 Å². The lowest BCUT2D eigenvalue weighted by Crippen LogP contribution is -1.96. The first-order valence-electron chi connectivity index (χ1n) is 5.90. The Hall–Kier alpha value is -2.82. The van der Waals surface area contributed by atoms with Gasteiger partial charge in [-0.15, -0.1) is 0 Å². The average Bonchev–Trinajstić information content (AvgIpc) is 2.75. The number of hydrogen-bond donors (Lipinski definition) is 0. The Morgan fingerprint density at radius 1 is 0.800 bits per heavy atom. The SMILES string of the molecule is COc1ccc(Oc2ccc3c(c2)C(=O)OC3=O)cc1. The number of esters is 2. The number of carbonyl (C=O) groups is 2. The maximum absolute atomic E-state index is 11.4. The minimum Gasteiger partial charge on any atom is -0.497 e. The van der Waals surface area contributed by atoms with Gasteiger partial charge in [0.05, 0.1) is 18.2 Å². The van der Waals surface area contributed by atoms with Crippen molar-refractivity contribution in [2.45, 2.75) is 0 Å². The first kappa shape index (κ1) is 12.2. The van der Waals surface area contributed by atoms with Crippen molar-refractivity contribution >= 4 is 11.9 Å². The molecular weight excluding hydrogens is 260 g/mol. The van der Waals surface area contributed by atoms with Crippen molar-refractivity contribution in [3.63, 3.8) is 0 Å². The quantitative estimate of drug-likeness (QED) is 0.634. The van der Waals surface area contributed by atoms with E-state index in [9.17, 15) is 9.59 Å². The van der Waals surface area contributed by atoms with Crippen LogP contribution in [0.2, 0.25) is 0 Å². The van der Waals surface area contributed by atoms with Gasteiger partial charge < -0.3 is 14.2 Å². The second-order valence-corrected chi connectivity index (χ2v) is 4.16. The largest absolute Gasteiger partial charge is 0.497 e. The second kappa shape index (κ2) is 4.70. The third kappa shape index (κ3) is 2.09. The molecule has 0 unspecified atom stereocenters. The van der Waals surface area contributed by atoms with Gasteiger partial charge in [-0.25, -0.2) is 9.59 Å². The van der Waals surface area contributed by atoms with E-state index in [-0.39, 0.29) is 11.1 Å². The molecule has 0 spiro atoms. The van der Waals surface area contributed by atoms with Crippen LogP contribution in [0.25, 0.3) is 0 Å². The summed E-state index contributed by atoms with van der Waals surface area (Å²) in [5, 5.41) is 0. The molecule has 5 nitrogen and oxygen atoms in total. The van der Waals surface area contributed by atoms with Crippen LogP contribution in [0.3, 0.4) is 0 Å². The lowest BCUT2D eigenvalue weighted by molar-refractivity contribution is 0.0443. The molecule has 2 aromatic carbocycles. The molecule has 0 aliphatic carbocycles. The van der Waals surface area contributed by atoms with Gasteiger partial charge in [0, 0.05) is 0 Å². The fourth-order valence-electron chi connectivity index (χ4n) is 1.91. The van der Waals surface area contributed by atoms with Gasteiger partial charge in [0.1, 0.15) is 17.2 Å². The van der Waals surface area contributed by atoms with Crippen molar-refractivity contribution in [2.75, 3.05) is 7.11 Å². The normalized spacial score (nSPS) is 12.8. The number of benzene rings is 2. The Labute approximate surface area is 114 Å². The molecule has 0 atom stereocenters. The minimum atomic E-state index is -0.648. The number of cyclic esters (lactones) is 2. The van der Waals surface area contributed by atoms with Crippen LogP contribution in [0.4, 0.5) is 0 Å². The zero-order valence-corrected chi connectivity index (χ0v) is 10.6.